The highest BCUT2D eigenvalue weighted by Crippen LogP contribution is 2.25. The fraction of sp³-hybridized carbons (Fsp3) is 0.407. The van der Waals surface area contributed by atoms with Crippen LogP contribution in [0.2, 0.25) is 0 Å². The molecule has 4 heterocycles. The summed E-state index contributed by atoms with van der Waals surface area (Å²) in [7, 11) is 0. The van der Waals surface area contributed by atoms with E-state index in [1.54, 1.807) is 11.0 Å². The van der Waals surface area contributed by atoms with Crippen molar-refractivity contribution in [2.45, 2.75) is 46.6 Å². The quantitative estimate of drug-likeness (QED) is 0.610. The van der Waals surface area contributed by atoms with Crippen LogP contribution in [0.4, 0.5) is 0 Å². The van der Waals surface area contributed by atoms with Crippen molar-refractivity contribution in [3.8, 4) is 0 Å². The summed E-state index contributed by atoms with van der Waals surface area (Å²) in [5, 5.41) is 0. The lowest BCUT2D eigenvalue weighted by atomic mass is 10.0. The standard InChI is InChI=1S/C27H35N5O/c1-6-29(7-2)24-12-14-30(15-13-24)25-10-8-22(5)32(19-25)27(33)16-20(3)23-9-11-26-28-21(4)17-31(26)18-23/h8-11,16-19,24H,5-7,12-15H2,1-4H3/b20-16+. The zero-order valence-electron chi connectivity index (χ0n) is 20.3. The molecule has 2 aromatic rings. The normalized spacial score (nSPS) is 17.9. The summed E-state index contributed by atoms with van der Waals surface area (Å²) < 4.78 is 1.99. The predicted molar refractivity (Wildman–Crippen MR) is 134 cm³/mol. The summed E-state index contributed by atoms with van der Waals surface area (Å²) >= 11 is 0. The van der Waals surface area contributed by atoms with E-state index in [4.69, 9.17) is 0 Å². The van der Waals surface area contributed by atoms with Crippen molar-refractivity contribution in [1.29, 1.82) is 0 Å². The van der Waals surface area contributed by atoms with Crippen LogP contribution in [-0.4, -0.2) is 62.2 Å². The average molecular weight is 446 g/mol. The lowest BCUT2D eigenvalue weighted by Gasteiger charge is -2.40. The fourth-order valence-electron chi connectivity index (χ4n) is 4.83. The van der Waals surface area contributed by atoms with Crippen LogP contribution in [-0.2, 0) is 4.79 Å². The number of carbonyl (C=O) groups excluding carboxylic acids is 1. The summed E-state index contributed by atoms with van der Waals surface area (Å²) in [6.07, 6.45) is 14.0. The molecule has 0 N–H and O–H groups in total. The van der Waals surface area contributed by atoms with E-state index in [-0.39, 0.29) is 5.91 Å². The molecule has 174 valence electrons. The van der Waals surface area contributed by atoms with Gasteiger partial charge in [-0.25, -0.2) is 4.98 Å². The number of rotatable bonds is 6. The van der Waals surface area contributed by atoms with Gasteiger partial charge in [0.15, 0.2) is 0 Å². The molecule has 2 aliphatic rings. The van der Waals surface area contributed by atoms with Crippen molar-refractivity contribution < 1.29 is 4.79 Å². The first-order valence-electron chi connectivity index (χ1n) is 11.9. The maximum absolute atomic E-state index is 13.2. The van der Waals surface area contributed by atoms with Crippen molar-refractivity contribution >= 4 is 17.1 Å². The summed E-state index contributed by atoms with van der Waals surface area (Å²) in [4.78, 5) is 24.2. The van der Waals surface area contributed by atoms with Crippen LogP contribution < -0.4 is 0 Å². The number of aryl methyl sites for hydroxylation is 1. The summed E-state index contributed by atoms with van der Waals surface area (Å²) in [5.41, 5.74) is 5.55. The van der Waals surface area contributed by atoms with E-state index in [0.29, 0.717) is 11.7 Å². The third-order valence-electron chi connectivity index (χ3n) is 6.78. The molecule has 1 fully saturated rings. The zero-order chi connectivity index (χ0) is 23.5. The second-order valence-corrected chi connectivity index (χ2v) is 8.92. The number of amides is 1. The van der Waals surface area contributed by atoms with Gasteiger partial charge in [0.05, 0.1) is 11.4 Å². The lowest BCUT2D eigenvalue weighted by Crippen LogP contribution is -2.44. The van der Waals surface area contributed by atoms with Crippen molar-refractivity contribution in [2.75, 3.05) is 26.2 Å². The minimum atomic E-state index is -0.0840. The van der Waals surface area contributed by atoms with Crippen LogP contribution in [0.3, 0.4) is 0 Å². The van der Waals surface area contributed by atoms with Gasteiger partial charge in [-0.2, -0.15) is 0 Å². The van der Waals surface area contributed by atoms with Gasteiger partial charge in [0.25, 0.3) is 5.91 Å². The summed E-state index contributed by atoms with van der Waals surface area (Å²) in [6, 6.07) is 4.64. The Kier molecular flexibility index (Phi) is 6.84. The monoisotopic (exact) mass is 445 g/mol. The third-order valence-corrected chi connectivity index (χ3v) is 6.78. The largest absolute Gasteiger partial charge is 0.370 e. The van der Waals surface area contributed by atoms with Gasteiger partial charge >= 0.3 is 0 Å². The summed E-state index contributed by atoms with van der Waals surface area (Å²) in [5.74, 6) is -0.0840. The number of allylic oxidation sites excluding steroid dienone is 3. The number of nitrogens with zero attached hydrogens (tertiary/aromatic N) is 5. The average Bonchev–Trinajstić information content (AvgIpc) is 3.19. The van der Waals surface area contributed by atoms with Crippen molar-refractivity contribution in [1.82, 2.24) is 24.1 Å². The van der Waals surface area contributed by atoms with Crippen LogP contribution >= 0.6 is 0 Å². The number of carbonyl (C=O) groups is 1. The first-order chi connectivity index (χ1) is 15.9. The highest BCUT2D eigenvalue weighted by atomic mass is 16.2. The van der Waals surface area contributed by atoms with E-state index in [1.807, 2.05) is 55.1 Å². The Labute approximate surface area is 197 Å². The van der Waals surface area contributed by atoms with Crippen LogP contribution in [0.5, 0.6) is 0 Å². The van der Waals surface area contributed by atoms with E-state index in [1.165, 1.54) is 0 Å². The minimum Gasteiger partial charge on any atom is -0.370 e. The number of likely N-dealkylation sites (tertiary alicyclic amines) is 1. The number of aromatic nitrogens is 2. The van der Waals surface area contributed by atoms with Crippen molar-refractivity contribution in [2.24, 2.45) is 0 Å². The zero-order valence-corrected chi connectivity index (χ0v) is 20.3. The van der Waals surface area contributed by atoms with E-state index < -0.39 is 0 Å². The van der Waals surface area contributed by atoms with Gasteiger partial charge in [0.1, 0.15) is 5.65 Å². The Morgan fingerprint density at radius 1 is 1.18 bits per heavy atom. The highest BCUT2D eigenvalue weighted by Gasteiger charge is 2.25. The molecule has 0 saturated carbocycles. The SMILES string of the molecule is C=C1C=CC(N2CCC(N(CC)CC)CC2)=CN1C(=O)/C=C(\C)c1ccc2nc(C)cn2c1. The highest BCUT2D eigenvalue weighted by molar-refractivity contribution is 5.96. The number of fused-ring (bicyclic) bond motifs is 1. The molecule has 2 aliphatic heterocycles. The topological polar surface area (TPSA) is 44.1 Å². The molecular formula is C27H35N5O. The first-order valence-corrected chi connectivity index (χ1v) is 11.9. The van der Waals surface area contributed by atoms with Gasteiger partial charge in [-0.3, -0.25) is 9.69 Å². The van der Waals surface area contributed by atoms with E-state index >= 15 is 0 Å². The van der Waals surface area contributed by atoms with Gasteiger partial charge in [-0.05, 0) is 75.2 Å². The Morgan fingerprint density at radius 3 is 2.61 bits per heavy atom. The number of pyridine rings is 1. The number of hydrogen-bond donors (Lipinski definition) is 0. The van der Waals surface area contributed by atoms with Crippen LogP contribution in [0.25, 0.3) is 11.2 Å². The number of imidazole rings is 1. The molecule has 0 unspecified atom stereocenters. The maximum Gasteiger partial charge on any atom is 0.255 e. The van der Waals surface area contributed by atoms with Crippen LogP contribution in [0, 0.1) is 6.92 Å². The smallest absolute Gasteiger partial charge is 0.255 e. The second kappa shape index (κ2) is 9.79. The fourth-order valence-corrected chi connectivity index (χ4v) is 4.83. The van der Waals surface area contributed by atoms with E-state index in [0.717, 1.165) is 67.2 Å². The molecule has 1 saturated heterocycles. The van der Waals surface area contributed by atoms with Gasteiger partial charge in [-0.1, -0.05) is 20.4 Å². The molecule has 0 spiro atoms. The molecule has 33 heavy (non-hydrogen) atoms. The molecule has 0 radical (unpaired) electrons. The van der Waals surface area contributed by atoms with E-state index in [2.05, 4.69) is 41.3 Å². The molecule has 0 atom stereocenters. The number of hydrogen-bond acceptors (Lipinski definition) is 4. The molecule has 0 bridgehead atoms. The molecule has 6 heteroatoms. The van der Waals surface area contributed by atoms with Gasteiger partial charge < -0.3 is 14.2 Å². The molecule has 2 aromatic heterocycles. The molecule has 4 rings (SSSR count). The Balaban J connectivity index is 1.47. The number of piperidine rings is 1. The Bertz CT molecular complexity index is 1130. The minimum absolute atomic E-state index is 0.0840. The Hall–Kier alpha value is -3.12. The lowest BCUT2D eigenvalue weighted by molar-refractivity contribution is -0.122. The molecular weight excluding hydrogens is 410 g/mol. The van der Waals surface area contributed by atoms with E-state index in [9.17, 15) is 4.79 Å². The van der Waals surface area contributed by atoms with Gasteiger partial charge in [-0.15, -0.1) is 0 Å². The third kappa shape index (κ3) is 4.96. The van der Waals surface area contributed by atoms with Crippen LogP contribution in [0.1, 0.15) is 44.9 Å². The second-order valence-electron chi connectivity index (χ2n) is 8.92. The van der Waals surface area contributed by atoms with Gasteiger partial charge in [0, 0.05) is 49.5 Å². The van der Waals surface area contributed by atoms with Crippen molar-refractivity contribution in [3.05, 3.63) is 78.2 Å². The van der Waals surface area contributed by atoms with Crippen molar-refractivity contribution in [3.63, 3.8) is 0 Å². The van der Waals surface area contributed by atoms with Gasteiger partial charge in [0.2, 0.25) is 0 Å². The summed E-state index contributed by atoms with van der Waals surface area (Å²) in [6.45, 7) is 16.7. The molecule has 6 nitrogen and oxygen atoms in total. The van der Waals surface area contributed by atoms with Crippen LogP contribution in [0.15, 0.2) is 66.9 Å². The molecule has 1 amide bonds. The maximum atomic E-state index is 13.2. The molecule has 0 aliphatic carbocycles. The predicted octanol–water partition coefficient (Wildman–Crippen LogP) is 4.61. The first kappa shape index (κ1) is 23.1. The molecule has 0 aromatic carbocycles. The Morgan fingerprint density at radius 2 is 1.91 bits per heavy atom.